The van der Waals surface area contributed by atoms with Gasteiger partial charge in [0.05, 0.1) is 19.9 Å². The van der Waals surface area contributed by atoms with Gasteiger partial charge in [-0.25, -0.2) is 0 Å². The van der Waals surface area contributed by atoms with Crippen LogP contribution in [0.4, 0.5) is 5.82 Å². The summed E-state index contributed by atoms with van der Waals surface area (Å²) in [6.45, 7) is 3.92. The second kappa shape index (κ2) is 8.37. The number of fused-ring (bicyclic) bond motifs is 1. The van der Waals surface area contributed by atoms with E-state index < -0.39 is 6.04 Å². The van der Waals surface area contributed by atoms with Crippen molar-refractivity contribution < 1.29 is 19.1 Å². The average molecular weight is 434 g/mol. The first-order valence-corrected chi connectivity index (χ1v) is 10.3. The van der Waals surface area contributed by atoms with E-state index in [1.807, 2.05) is 38.1 Å². The van der Waals surface area contributed by atoms with Gasteiger partial charge in [-0.1, -0.05) is 29.8 Å². The number of carbonyl (C=O) groups excluding carboxylic acids is 2. The SMILES string of the molecule is COc1ccc(C(=O)N[C@@H]2C(=O)Nc3c(c(C)nn3C)[C@H]2c2ccc(C)cc2)cc1OC. The normalized spacial score (nSPS) is 17.3. The zero-order valence-corrected chi connectivity index (χ0v) is 18.7. The molecule has 2 atom stereocenters. The molecule has 166 valence electrons. The molecule has 8 heteroatoms. The van der Waals surface area contributed by atoms with Gasteiger partial charge < -0.3 is 20.1 Å². The van der Waals surface area contributed by atoms with Gasteiger partial charge in [-0.2, -0.15) is 5.10 Å². The number of amides is 2. The minimum absolute atomic E-state index is 0.292. The van der Waals surface area contributed by atoms with Crippen LogP contribution < -0.4 is 20.1 Å². The number of rotatable bonds is 5. The molecule has 2 aromatic carbocycles. The maximum absolute atomic E-state index is 13.2. The van der Waals surface area contributed by atoms with Crippen molar-refractivity contribution in [3.8, 4) is 11.5 Å². The lowest BCUT2D eigenvalue weighted by atomic mass is 9.81. The number of aromatic nitrogens is 2. The summed E-state index contributed by atoms with van der Waals surface area (Å²) in [6.07, 6.45) is 0. The Bertz CT molecular complexity index is 1180. The fourth-order valence-corrected chi connectivity index (χ4v) is 4.19. The van der Waals surface area contributed by atoms with Crippen molar-refractivity contribution in [2.24, 2.45) is 7.05 Å². The van der Waals surface area contributed by atoms with Crippen LogP contribution in [-0.2, 0) is 11.8 Å². The van der Waals surface area contributed by atoms with Gasteiger partial charge >= 0.3 is 0 Å². The number of benzene rings is 2. The van der Waals surface area contributed by atoms with E-state index in [4.69, 9.17) is 9.47 Å². The summed E-state index contributed by atoms with van der Waals surface area (Å²) in [7, 11) is 4.83. The summed E-state index contributed by atoms with van der Waals surface area (Å²) in [5.41, 5.74) is 4.11. The van der Waals surface area contributed by atoms with Crippen LogP contribution in [-0.4, -0.2) is 41.9 Å². The number of nitrogens with one attached hydrogen (secondary N) is 2. The third-order valence-electron chi connectivity index (χ3n) is 5.81. The number of anilines is 1. The Morgan fingerprint density at radius 3 is 2.41 bits per heavy atom. The number of hydrogen-bond acceptors (Lipinski definition) is 5. The van der Waals surface area contributed by atoms with E-state index in [0.29, 0.717) is 22.9 Å². The van der Waals surface area contributed by atoms with Crippen LogP contribution in [0.15, 0.2) is 42.5 Å². The number of hydrogen-bond donors (Lipinski definition) is 2. The van der Waals surface area contributed by atoms with Crippen molar-refractivity contribution in [2.45, 2.75) is 25.8 Å². The zero-order chi connectivity index (χ0) is 23.0. The number of aryl methyl sites for hydroxylation is 3. The Hall–Kier alpha value is -3.81. The number of carbonyl (C=O) groups is 2. The first-order chi connectivity index (χ1) is 15.3. The van der Waals surface area contributed by atoms with E-state index in [0.717, 1.165) is 22.4 Å². The van der Waals surface area contributed by atoms with Gasteiger partial charge in [-0.05, 0) is 37.6 Å². The van der Waals surface area contributed by atoms with Crippen LogP contribution in [0.5, 0.6) is 11.5 Å². The van der Waals surface area contributed by atoms with E-state index in [2.05, 4.69) is 15.7 Å². The van der Waals surface area contributed by atoms with E-state index >= 15 is 0 Å². The lowest BCUT2D eigenvalue weighted by molar-refractivity contribution is -0.118. The topological polar surface area (TPSA) is 94.5 Å². The van der Waals surface area contributed by atoms with Crippen molar-refractivity contribution in [3.05, 3.63) is 70.4 Å². The van der Waals surface area contributed by atoms with Gasteiger partial charge in [0.2, 0.25) is 5.91 Å². The number of nitrogens with zero attached hydrogens (tertiary/aromatic N) is 2. The Kier molecular flexibility index (Phi) is 5.61. The smallest absolute Gasteiger partial charge is 0.252 e. The molecule has 2 N–H and O–H groups in total. The van der Waals surface area contributed by atoms with Crippen molar-refractivity contribution >= 4 is 17.6 Å². The van der Waals surface area contributed by atoms with Gasteiger partial charge in [0.25, 0.3) is 5.91 Å². The predicted octanol–water partition coefficient (Wildman–Crippen LogP) is 2.94. The van der Waals surface area contributed by atoms with Crippen LogP contribution in [0.1, 0.15) is 38.7 Å². The molecule has 2 heterocycles. The summed E-state index contributed by atoms with van der Waals surface area (Å²) in [4.78, 5) is 26.3. The fraction of sp³-hybridized carbons (Fsp3) is 0.292. The van der Waals surface area contributed by atoms with Gasteiger partial charge in [-0.3, -0.25) is 14.3 Å². The molecule has 3 aromatic rings. The van der Waals surface area contributed by atoms with Gasteiger partial charge in [0, 0.05) is 24.1 Å². The highest BCUT2D eigenvalue weighted by Crippen LogP contribution is 2.39. The quantitative estimate of drug-likeness (QED) is 0.644. The minimum Gasteiger partial charge on any atom is -0.493 e. The molecule has 0 spiro atoms. The predicted molar refractivity (Wildman–Crippen MR) is 120 cm³/mol. The molecule has 1 aromatic heterocycles. The van der Waals surface area contributed by atoms with E-state index in [-0.39, 0.29) is 17.7 Å². The molecule has 0 aliphatic carbocycles. The Balaban J connectivity index is 1.74. The summed E-state index contributed by atoms with van der Waals surface area (Å²) in [5.74, 6) is 0.557. The third-order valence-corrected chi connectivity index (χ3v) is 5.81. The molecular weight excluding hydrogens is 408 g/mol. The summed E-state index contributed by atoms with van der Waals surface area (Å²) in [5, 5.41) is 10.3. The highest BCUT2D eigenvalue weighted by molar-refractivity contribution is 6.04. The molecule has 4 rings (SSSR count). The van der Waals surface area contributed by atoms with Crippen molar-refractivity contribution in [2.75, 3.05) is 19.5 Å². The second-order valence-electron chi connectivity index (χ2n) is 7.87. The average Bonchev–Trinajstić information content (AvgIpc) is 3.07. The molecule has 1 aliphatic heterocycles. The summed E-state index contributed by atoms with van der Waals surface area (Å²) in [6, 6.07) is 12.1. The summed E-state index contributed by atoms with van der Waals surface area (Å²) >= 11 is 0. The lowest BCUT2D eigenvalue weighted by Gasteiger charge is -2.32. The van der Waals surface area contributed by atoms with Gasteiger partial charge in [-0.15, -0.1) is 0 Å². The Morgan fingerprint density at radius 1 is 1.06 bits per heavy atom. The Morgan fingerprint density at radius 2 is 1.75 bits per heavy atom. The van der Waals surface area contributed by atoms with E-state index in [1.54, 1.807) is 29.9 Å². The maximum atomic E-state index is 13.2. The van der Waals surface area contributed by atoms with Gasteiger partial charge in [0.1, 0.15) is 11.9 Å². The van der Waals surface area contributed by atoms with Crippen LogP contribution in [0, 0.1) is 13.8 Å². The molecule has 0 bridgehead atoms. The molecule has 32 heavy (non-hydrogen) atoms. The molecule has 0 unspecified atom stereocenters. The lowest BCUT2D eigenvalue weighted by Crippen LogP contribution is -2.50. The molecule has 0 saturated carbocycles. The molecular formula is C24H26N4O4. The van der Waals surface area contributed by atoms with Crippen molar-refractivity contribution in [1.82, 2.24) is 15.1 Å². The maximum Gasteiger partial charge on any atom is 0.252 e. The highest BCUT2D eigenvalue weighted by atomic mass is 16.5. The Labute approximate surface area is 186 Å². The minimum atomic E-state index is -0.811. The standard InChI is InChI=1S/C24H26N4O4/c1-13-6-8-15(9-7-13)20-19-14(2)27-28(3)22(19)26-24(30)21(20)25-23(29)16-10-11-17(31-4)18(12-16)32-5/h6-12,20-21H,1-5H3,(H,25,29)(H,26,30)/t20-,21+/m1/s1. The molecule has 2 amide bonds. The molecule has 0 radical (unpaired) electrons. The molecule has 0 saturated heterocycles. The first kappa shape index (κ1) is 21.4. The zero-order valence-electron chi connectivity index (χ0n) is 18.7. The number of methoxy groups -OCH3 is 2. The monoisotopic (exact) mass is 434 g/mol. The van der Waals surface area contributed by atoms with Crippen LogP contribution in [0.25, 0.3) is 0 Å². The third kappa shape index (κ3) is 3.68. The van der Waals surface area contributed by atoms with Gasteiger partial charge in [0.15, 0.2) is 11.5 Å². The number of ether oxygens (including phenoxy) is 2. The first-order valence-electron chi connectivity index (χ1n) is 10.3. The van der Waals surface area contributed by atoms with Crippen LogP contribution >= 0.6 is 0 Å². The molecule has 1 aliphatic rings. The van der Waals surface area contributed by atoms with E-state index in [1.165, 1.54) is 14.2 Å². The largest absolute Gasteiger partial charge is 0.493 e. The van der Waals surface area contributed by atoms with Crippen LogP contribution in [0.2, 0.25) is 0 Å². The fourth-order valence-electron chi connectivity index (χ4n) is 4.19. The molecule has 8 nitrogen and oxygen atoms in total. The van der Waals surface area contributed by atoms with E-state index in [9.17, 15) is 9.59 Å². The second-order valence-corrected chi connectivity index (χ2v) is 7.87. The molecule has 0 fully saturated rings. The van der Waals surface area contributed by atoms with Crippen molar-refractivity contribution in [1.29, 1.82) is 0 Å². The van der Waals surface area contributed by atoms with Crippen molar-refractivity contribution in [3.63, 3.8) is 0 Å². The van der Waals surface area contributed by atoms with Crippen LogP contribution in [0.3, 0.4) is 0 Å². The summed E-state index contributed by atoms with van der Waals surface area (Å²) < 4.78 is 12.2. The highest BCUT2D eigenvalue weighted by Gasteiger charge is 2.41.